The van der Waals surface area contributed by atoms with E-state index < -0.39 is 0 Å². The topological polar surface area (TPSA) is 29.4 Å². The van der Waals surface area contributed by atoms with Crippen LogP contribution in [-0.4, -0.2) is 12.0 Å². The van der Waals surface area contributed by atoms with Crippen molar-refractivity contribution < 1.29 is 4.79 Å². The Morgan fingerprint density at radius 2 is 1.75 bits per heavy atom. The molecule has 2 heteroatoms. The van der Waals surface area contributed by atoms with Crippen LogP contribution in [0.2, 0.25) is 0 Å². The summed E-state index contributed by atoms with van der Waals surface area (Å²) in [6.07, 6.45) is 1.11. The van der Waals surface area contributed by atoms with Crippen LogP contribution in [0.4, 0.5) is 5.69 Å². The summed E-state index contributed by atoms with van der Waals surface area (Å²) >= 11 is 0. The molecule has 1 spiro atoms. The molecule has 0 bridgehead atoms. The summed E-state index contributed by atoms with van der Waals surface area (Å²) in [5, 5.41) is 0. The molecule has 1 aliphatic carbocycles. The predicted octanol–water partition coefficient (Wildman–Crippen LogP) is 3.64. The Labute approximate surface area is 118 Å². The Kier molecular flexibility index (Phi) is 2.25. The van der Waals surface area contributed by atoms with Crippen LogP contribution in [0, 0.1) is 5.92 Å². The number of benzene rings is 2. The minimum Gasteiger partial charge on any atom is -0.303 e. The van der Waals surface area contributed by atoms with Crippen LogP contribution in [0.25, 0.3) is 0 Å². The average Bonchev–Trinajstić information content (AvgIpc) is 3.09. The molecule has 0 amide bonds. The number of carbonyl (C=O) groups excluding carboxylic acids is 1. The van der Waals surface area contributed by atoms with E-state index in [1.165, 1.54) is 11.1 Å². The van der Waals surface area contributed by atoms with Gasteiger partial charge in [-0.2, -0.15) is 0 Å². The Morgan fingerprint density at radius 1 is 1.05 bits per heavy atom. The lowest BCUT2D eigenvalue weighted by molar-refractivity contribution is -0.109. The summed E-state index contributed by atoms with van der Waals surface area (Å²) in [6, 6.07) is 18.5. The van der Waals surface area contributed by atoms with E-state index in [0.717, 1.165) is 17.7 Å². The van der Waals surface area contributed by atoms with Crippen LogP contribution >= 0.6 is 0 Å². The van der Waals surface area contributed by atoms with Crippen molar-refractivity contribution in [1.29, 1.82) is 0 Å². The summed E-state index contributed by atoms with van der Waals surface area (Å²) in [5.41, 5.74) is 4.35. The fraction of sp³-hybridized carbons (Fsp3) is 0.222. The zero-order valence-corrected chi connectivity index (χ0v) is 11.3. The van der Waals surface area contributed by atoms with E-state index >= 15 is 0 Å². The highest BCUT2D eigenvalue weighted by molar-refractivity contribution is 6.08. The molecule has 0 saturated heterocycles. The fourth-order valence-corrected chi connectivity index (χ4v) is 3.93. The number of nitrogens with zero attached hydrogens (tertiary/aromatic N) is 1. The summed E-state index contributed by atoms with van der Waals surface area (Å²) in [4.78, 5) is 16.3. The second-order valence-corrected chi connectivity index (χ2v) is 5.63. The smallest absolute Gasteiger partial charge is 0.125 e. The Hall–Kier alpha value is -2.22. The summed E-state index contributed by atoms with van der Waals surface area (Å²) in [5.74, 6) is 0.242. The van der Waals surface area contributed by atoms with Crippen LogP contribution in [0.5, 0.6) is 0 Å². The summed E-state index contributed by atoms with van der Waals surface area (Å²) in [6.45, 7) is 2.06. The molecule has 2 nitrogen and oxygen atoms in total. The first-order valence-corrected chi connectivity index (χ1v) is 6.95. The lowest BCUT2D eigenvalue weighted by Crippen LogP contribution is -2.18. The van der Waals surface area contributed by atoms with Crippen molar-refractivity contribution in [2.75, 3.05) is 0 Å². The van der Waals surface area contributed by atoms with Crippen molar-refractivity contribution in [2.24, 2.45) is 10.9 Å². The Balaban J connectivity index is 1.90. The van der Waals surface area contributed by atoms with Crippen molar-refractivity contribution in [3.63, 3.8) is 0 Å². The van der Waals surface area contributed by atoms with E-state index in [9.17, 15) is 4.79 Å². The van der Waals surface area contributed by atoms with Crippen LogP contribution in [0.15, 0.2) is 59.6 Å². The van der Waals surface area contributed by atoms with Gasteiger partial charge in [0, 0.05) is 17.5 Å². The number of fused-ring (bicyclic) bond motifs is 2. The number of hydrogen-bond donors (Lipinski definition) is 0. The van der Waals surface area contributed by atoms with Crippen LogP contribution in [-0.2, 0) is 10.2 Å². The van der Waals surface area contributed by atoms with Crippen molar-refractivity contribution >= 4 is 17.7 Å². The molecule has 1 saturated carbocycles. The second kappa shape index (κ2) is 3.89. The number of aliphatic imine (C=N–C) groups is 1. The molecular formula is C18H15NO. The minimum atomic E-state index is -0.195. The quantitative estimate of drug-likeness (QED) is 0.759. The van der Waals surface area contributed by atoms with Gasteiger partial charge in [-0.3, -0.25) is 4.99 Å². The maximum atomic E-state index is 11.6. The molecule has 4 rings (SSSR count). The molecule has 3 atom stereocenters. The van der Waals surface area contributed by atoms with E-state index in [1.54, 1.807) is 0 Å². The van der Waals surface area contributed by atoms with Gasteiger partial charge in [0.1, 0.15) is 6.29 Å². The van der Waals surface area contributed by atoms with E-state index in [-0.39, 0.29) is 17.3 Å². The van der Waals surface area contributed by atoms with Gasteiger partial charge in [-0.25, -0.2) is 0 Å². The SMILES string of the molecule is CC1=Nc2ccccc2C12C(C=O)C2c1ccccc1. The van der Waals surface area contributed by atoms with E-state index in [0.29, 0.717) is 0 Å². The van der Waals surface area contributed by atoms with Gasteiger partial charge >= 0.3 is 0 Å². The first-order chi connectivity index (χ1) is 9.80. The number of para-hydroxylation sites is 1. The molecule has 2 aliphatic rings. The Bertz CT molecular complexity index is 719. The number of carbonyl (C=O) groups is 1. The molecule has 2 aromatic carbocycles. The fourth-order valence-electron chi connectivity index (χ4n) is 3.93. The molecule has 1 heterocycles. The molecule has 20 heavy (non-hydrogen) atoms. The molecule has 0 N–H and O–H groups in total. The number of aldehydes is 1. The van der Waals surface area contributed by atoms with Gasteiger partial charge in [-0.05, 0) is 24.1 Å². The monoisotopic (exact) mass is 261 g/mol. The Morgan fingerprint density at radius 3 is 2.50 bits per heavy atom. The van der Waals surface area contributed by atoms with Crippen LogP contribution in [0.1, 0.15) is 24.0 Å². The maximum Gasteiger partial charge on any atom is 0.125 e. The summed E-state index contributed by atoms with van der Waals surface area (Å²) < 4.78 is 0. The molecule has 1 fully saturated rings. The highest BCUT2D eigenvalue weighted by Gasteiger charge is 2.69. The summed E-state index contributed by atoms with van der Waals surface area (Å²) in [7, 11) is 0. The third-order valence-corrected chi connectivity index (χ3v) is 4.81. The third kappa shape index (κ3) is 1.24. The van der Waals surface area contributed by atoms with Gasteiger partial charge in [0.2, 0.25) is 0 Å². The molecule has 0 aromatic heterocycles. The lowest BCUT2D eigenvalue weighted by Gasteiger charge is -2.12. The lowest BCUT2D eigenvalue weighted by atomic mass is 9.87. The second-order valence-electron chi connectivity index (χ2n) is 5.63. The average molecular weight is 261 g/mol. The van der Waals surface area contributed by atoms with Crippen molar-refractivity contribution in [2.45, 2.75) is 18.3 Å². The first-order valence-electron chi connectivity index (χ1n) is 6.95. The van der Waals surface area contributed by atoms with E-state index in [4.69, 9.17) is 4.99 Å². The largest absolute Gasteiger partial charge is 0.303 e. The number of rotatable bonds is 2. The van der Waals surface area contributed by atoms with Gasteiger partial charge in [-0.15, -0.1) is 0 Å². The molecule has 98 valence electrons. The van der Waals surface area contributed by atoms with Gasteiger partial charge in [0.05, 0.1) is 11.1 Å². The van der Waals surface area contributed by atoms with E-state index in [1.807, 2.05) is 36.4 Å². The zero-order valence-electron chi connectivity index (χ0n) is 11.3. The van der Waals surface area contributed by atoms with Gasteiger partial charge < -0.3 is 4.79 Å². The molecule has 2 aromatic rings. The number of hydrogen-bond acceptors (Lipinski definition) is 2. The van der Waals surface area contributed by atoms with Crippen molar-refractivity contribution in [3.05, 3.63) is 65.7 Å². The molecule has 0 radical (unpaired) electrons. The van der Waals surface area contributed by atoms with Gasteiger partial charge in [-0.1, -0.05) is 48.5 Å². The van der Waals surface area contributed by atoms with Gasteiger partial charge in [0.15, 0.2) is 0 Å². The van der Waals surface area contributed by atoms with Crippen LogP contribution in [0.3, 0.4) is 0 Å². The molecule has 1 aliphatic heterocycles. The van der Waals surface area contributed by atoms with E-state index in [2.05, 4.69) is 25.1 Å². The maximum absolute atomic E-state index is 11.6. The highest BCUT2D eigenvalue weighted by Crippen LogP contribution is 2.69. The standard InChI is InChI=1S/C18H15NO/c1-12-18(14-9-5-6-10-16(14)19-12)15(11-20)17(18)13-7-3-2-4-8-13/h2-11,15,17H,1H3. The minimum absolute atomic E-state index is 0.0114. The van der Waals surface area contributed by atoms with Crippen molar-refractivity contribution in [1.82, 2.24) is 0 Å². The molecular weight excluding hydrogens is 246 g/mol. The van der Waals surface area contributed by atoms with Gasteiger partial charge in [0.25, 0.3) is 0 Å². The first kappa shape index (κ1) is 11.6. The van der Waals surface area contributed by atoms with Crippen molar-refractivity contribution in [3.8, 4) is 0 Å². The van der Waals surface area contributed by atoms with Crippen LogP contribution < -0.4 is 0 Å². The normalized spacial score (nSPS) is 29.9. The predicted molar refractivity (Wildman–Crippen MR) is 79.6 cm³/mol. The third-order valence-electron chi connectivity index (χ3n) is 4.81. The molecule has 3 unspecified atom stereocenters. The highest BCUT2D eigenvalue weighted by atomic mass is 16.1. The zero-order chi connectivity index (χ0) is 13.7.